The van der Waals surface area contributed by atoms with E-state index < -0.39 is 0 Å². The van der Waals surface area contributed by atoms with E-state index in [4.69, 9.17) is 4.74 Å². The van der Waals surface area contributed by atoms with Crippen molar-refractivity contribution in [1.29, 1.82) is 0 Å². The van der Waals surface area contributed by atoms with E-state index in [1.54, 1.807) is 0 Å². The maximum absolute atomic E-state index is 12.1. The first-order chi connectivity index (χ1) is 8.34. The highest BCUT2D eigenvalue weighted by atomic mass is 16.5. The summed E-state index contributed by atoms with van der Waals surface area (Å²) >= 11 is 0. The number of allylic oxidation sites excluding steroid dienone is 2. The van der Waals surface area contributed by atoms with Gasteiger partial charge in [0, 0.05) is 5.92 Å². The molecule has 3 rings (SSSR count). The largest absolute Gasteiger partial charge is 0.462 e. The second-order valence-electron chi connectivity index (χ2n) is 5.91. The van der Waals surface area contributed by atoms with Crippen molar-refractivity contribution in [3.63, 3.8) is 0 Å². The molecule has 2 atom stereocenters. The first-order valence-electron chi connectivity index (χ1n) is 7.20. The van der Waals surface area contributed by atoms with Crippen LogP contribution in [-0.2, 0) is 9.53 Å². The van der Waals surface area contributed by atoms with Crippen LogP contribution in [0.4, 0.5) is 0 Å². The zero-order valence-corrected chi connectivity index (χ0v) is 10.4. The molecule has 2 heteroatoms. The molecule has 1 heterocycles. The van der Waals surface area contributed by atoms with E-state index in [2.05, 4.69) is 12.2 Å². The third kappa shape index (κ3) is 2.27. The lowest BCUT2D eigenvalue weighted by molar-refractivity contribution is -0.166. The number of rotatable bonds is 2. The van der Waals surface area contributed by atoms with Crippen molar-refractivity contribution in [2.75, 3.05) is 0 Å². The van der Waals surface area contributed by atoms with Crippen molar-refractivity contribution < 1.29 is 9.53 Å². The lowest BCUT2D eigenvalue weighted by atomic mass is 9.82. The molecule has 2 fully saturated rings. The Morgan fingerprint density at radius 2 is 1.65 bits per heavy atom. The highest BCUT2D eigenvalue weighted by molar-refractivity contribution is 5.73. The van der Waals surface area contributed by atoms with Gasteiger partial charge in [0.15, 0.2) is 0 Å². The number of hydrogen-bond donors (Lipinski definition) is 0. The molecule has 1 saturated carbocycles. The smallest absolute Gasteiger partial charge is 0.309 e. The topological polar surface area (TPSA) is 26.3 Å². The predicted octanol–water partition coefficient (Wildman–Crippen LogP) is 3.46. The minimum atomic E-state index is 0.111. The van der Waals surface area contributed by atoms with E-state index in [0.717, 1.165) is 25.7 Å². The molecule has 0 spiro atoms. The number of carbonyl (C=O) groups is 1. The van der Waals surface area contributed by atoms with Gasteiger partial charge in [0.1, 0.15) is 6.10 Å². The van der Waals surface area contributed by atoms with Gasteiger partial charge in [-0.3, -0.25) is 4.79 Å². The molecule has 0 N–H and O–H groups in total. The second-order valence-corrected chi connectivity index (χ2v) is 5.91. The first kappa shape index (κ1) is 11.3. The monoisotopic (exact) mass is 234 g/mol. The van der Waals surface area contributed by atoms with Crippen LogP contribution in [0.2, 0.25) is 0 Å². The normalized spacial score (nSPS) is 35.4. The Kier molecular flexibility index (Phi) is 3.21. The van der Waals surface area contributed by atoms with Gasteiger partial charge in [-0.15, -0.1) is 0 Å². The van der Waals surface area contributed by atoms with Crippen molar-refractivity contribution in [1.82, 2.24) is 0 Å². The summed E-state index contributed by atoms with van der Waals surface area (Å²) in [5, 5.41) is 0. The molecule has 1 saturated heterocycles. The Morgan fingerprint density at radius 1 is 0.941 bits per heavy atom. The van der Waals surface area contributed by atoms with E-state index in [-0.39, 0.29) is 18.0 Å². The van der Waals surface area contributed by atoms with Crippen molar-refractivity contribution in [3.05, 3.63) is 12.2 Å². The number of carbonyl (C=O) groups excluding carboxylic acids is 1. The highest BCUT2D eigenvalue weighted by Crippen LogP contribution is 2.39. The van der Waals surface area contributed by atoms with Gasteiger partial charge in [-0.25, -0.2) is 0 Å². The van der Waals surface area contributed by atoms with Crippen LogP contribution in [-0.4, -0.2) is 12.1 Å². The molecule has 0 radical (unpaired) electrons. The minimum Gasteiger partial charge on any atom is -0.462 e. The Hall–Kier alpha value is -0.790. The summed E-state index contributed by atoms with van der Waals surface area (Å²) in [5.74, 6) is 1.54. The maximum atomic E-state index is 12.1. The van der Waals surface area contributed by atoms with Crippen molar-refractivity contribution in [3.8, 4) is 0 Å². The SMILES string of the molecule is O=C1OC(C2CC=CC2)CCC1C1CCCC1. The molecule has 1 aliphatic heterocycles. The molecule has 3 aliphatic rings. The Balaban J connectivity index is 1.57. The van der Waals surface area contributed by atoms with E-state index >= 15 is 0 Å². The third-order valence-corrected chi connectivity index (χ3v) is 4.87. The van der Waals surface area contributed by atoms with Crippen LogP contribution < -0.4 is 0 Å². The summed E-state index contributed by atoms with van der Waals surface area (Å²) in [7, 11) is 0. The molecule has 17 heavy (non-hydrogen) atoms. The van der Waals surface area contributed by atoms with Crippen LogP contribution in [0, 0.1) is 17.8 Å². The van der Waals surface area contributed by atoms with Crippen LogP contribution in [0.1, 0.15) is 51.4 Å². The Labute approximate surface area is 103 Å². The van der Waals surface area contributed by atoms with Crippen molar-refractivity contribution in [2.45, 2.75) is 57.5 Å². The van der Waals surface area contributed by atoms with E-state index in [0.29, 0.717) is 11.8 Å². The molecule has 0 bridgehead atoms. The van der Waals surface area contributed by atoms with Gasteiger partial charge in [-0.1, -0.05) is 25.0 Å². The molecular weight excluding hydrogens is 212 g/mol. The zero-order valence-electron chi connectivity index (χ0n) is 10.4. The number of hydrogen-bond acceptors (Lipinski definition) is 2. The lowest BCUT2D eigenvalue weighted by Gasteiger charge is -2.34. The van der Waals surface area contributed by atoms with Gasteiger partial charge in [-0.2, -0.15) is 0 Å². The van der Waals surface area contributed by atoms with E-state index in [1.165, 1.54) is 25.7 Å². The Morgan fingerprint density at radius 3 is 2.29 bits per heavy atom. The van der Waals surface area contributed by atoms with E-state index in [1.807, 2.05) is 0 Å². The minimum absolute atomic E-state index is 0.111. The van der Waals surface area contributed by atoms with Crippen LogP contribution >= 0.6 is 0 Å². The van der Waals surface area contributed by atoms with Gasteiger partial charge in [0.25, 0.3) is 0 Å². The molecule has 0 amide bonds. The Bertz CT molecular complexity index is 307. The summed E-state index contributed by atoms with van der Waals surface area (Å²) in [6.07, 6.45) is 14.1. The number of esters is 1. The summed E-state index contributed by atoms with van der Waals surface area (Å²) in [6, 6.07) is 0. The fourth-order valence-corrected chi connectivity index (χ4v) is 3.82. The summed E-state index contributed by atoms with van der Waals surface area (Å²) in [5.41, 5.74) is 0. The average Bonchev–Trinajstić information content (AvgIpc) is 3.02. The van der Waals surface area contributed by atoms with Gasteiger partial charge >= 0.3 is 5.97 Å². The van der Waals surface area contributed by atoms with Crippen LogP contribution in [0.5, 0.6) is 0 Å². The molecule has 2 aliphatic carbocycles. The number of cyclic esters (lactones) is 1. The van der Waals surface area contributed by atoms with Crippen LogP contribution in [0.3, 0.4) is 0 Å². The van der Waals surface area contributed by atoms with Crippen molar-refractivity contribution >= 4 is 5.97 Å². The molecule has 0 aromatic heterocycles. The third-order valence-electron chi connectivity index (χ3n) is 4.87. The van der Waals surface area contributed by atoms with Gasteiger partial charge in [-0.05, 0) is 44.4 Å². The molecule has 2 nitrogen and oxygen atoms in total. The highest BCUT2D eigenvalue weighted by Gasteiger charge is 2.39. The molecular formula is C15H22O2. The maximum Gasteiger partial charge on any atom is 0.309 e. The summed E-state index contributed by atoms with van der Waals surface area (Å²) in [4.78, 5) is 12.1. The average molecular weight is 234 g/mol. The van der Waals surface area contributed by atoms with E-state index in [9.17, 15) is 4.79 Å². The quantitative estimate of drug-likeness (QED) is 0.540. The lowest BCUT2D eigenvalue weighted by Crippen LogP contribution is -2.37. The van der Waals surface area contributed by atoms with Crippen LogP contribution in [0.15, 0.2) is 12.2 Å². The molecule has 0 aromatic rings. The predicted molar refractivity (Wildman–Crippen MR) is 66.4 cm³/mol. The van der Waals surface area contributed by atoms with Crippen molar-refractivity contribution in [2.24, 2.45) is 17.8 Å². The van der Waals surface area contributed by atoms with Gasteiger partial charge in [0.2, 0.25) is 0 Å². The second kappa shape index (κ2) is 4.83. The van der Waals surface area contributed by atoms with Crippen LogP contribution in [0.25, 0.3) is 0 Å². The van der Waals surface area contributed by atoms with Gasteiger partial charge in [0.05, 0.1) is 5.92 Å². The molecule has 0 aromatic carbocycles. The molecule has 2 unspecified atom stereocenters. The summed E-state index contributed by atoms with van der Waals surface area (Å²) in [6.45, 7) is 0. The fourth-order valence-electron chi connectivity index (χ4n) is 3.82. The number of ether oxygens (including phenoxy) is 1. The standard InChI is InChI=1S/C15H22O2/c16-15-13(11-5-1-2-6-11)9-10-14(17-15)12-7-3-4-8-12/h3-4,11-14H,1-2,5-10H2. The zero-order chi connectivity index (χ0) is 11.7. The molecule has 94 valence electrons. The summed E-state index contributed by atoms with van der Waals surface area (Å²) < 4.78 is 5.72. The van der Waals surface area contributed by atoms with Gasteiger partial charge < -0.3 is 4.74 Å². The first-order valence-corrected chi connectivity index (χ1v) is 7.20. The fraction of sp³-hybridized carbons (Fsp3) is 0.800.